The van der Waals surface area contributed by atoms with E-state index >= 15 is 0 Å². The number of hydrogen-bond acceptors (Lipinski definition) is 5. The molecule has 2 amide bonds. The molecular formula is C9H13N3O4. The van der Waals surface area contributed by atoms with Gasteiger partial charge >= 0.3 is 6.09 Å². The first-order valence-electron chi connectivity index (χ1n) is 4.62. The van der Waals surface area contributed by atoms with Crippen LogP contribution in [0.15, 0.2) is 16.5 Å². The van der Waals surface area contributed by atoms with Crippen molar-refractivity contribution in [1.82, 2.24) is 5.32 Å². The summed E-state index contributed by atoms with van der Waals surface area (Å²) in [4.78, 5) is 21.6. The molecule has 0 spiro atoms. The smallest absolute Gasteiger partial charge is 0.404 e. The quantitative estimate of drug-likeness (QED) is 0.589. The number of furan rings is 1. The van der Waals surface area contributed by atoms with Gasteiger partial charge in [-0.15, -0.1) is 0 Å². The number of ether oxygens (including phenoxy) is 1. The average molecular weight is 227 g/mol. The molecule has 0 aromatic carbocycles. The highest BCUT2D eigenvalue weighted by Crippen LogP contribution is 2.06. The zero-order valence-electron chi connectivity index (χ0n) is 8.56. The lowest BCUT2D eigenvalue weighted by Crippen LogP contribution is -2.28. The lowest BCUT2D eigenvalue weighted by atomic mass is 10.4. The second-order valence-electron chi connectivity index (χ2n) is 2.89. The molecule has 0 aliphatic heterocycles. The molecule has 1 aromatic heterocycles. The molecule has 1 rings (SSSR count). The van der Waals surface area contributed by atoms with E-state index in [-0.39, 0.29) is 25.5 Å². The predicted molar refractivity (Wildman–Crippen MR) is 54.5 cm³/mol. The second-order valence-corrected chi connectivity index (χ2v) is 2.89. The van der Waals surface area contributed by atoms with Crippen LogP contribution in [0.3, 0.4) is 0 Å². The maximum Gasteiger partial charge on any atom is 0.404 e. The van der Waals surface area contributed by atoms with Crippen molar-refractivity contribution in [3.63, 3.8) is 0 Å². The molecule has 0 fully saturated rings. The van der Waals surface area contributed by atoms with Crippen molar-refractivity contribution < 1.29 is 18.7 Å². The van der Waals surface area contributed by atoms with Gasteiger partial charge in [0, 0.05) is 0 Å². The fourth-order valence-corrected chi connectivity index (χ4v) is 1.01. The Hall–Kier alpha value is -2.02. The Kier molecular flexibility index (Phi) is 4.34. The van der Waals surface area contributed by atoms with Crippen molar-refractivity contribution in [3.05, 3.63) is 23.7 Å². The summed E-state index contributed by atoms with van der Waals surface area (Å²) < 4.78 is 9.53. The fourth-order valence-electron chi connectivity index (χ4n) is 1.01. The Morgan fingerprint density at radius 2 is 2.19 bits per heavy atom. The molecule has 7 nitrogen and oxygen atoms in total. The van der Waals surface area contributed by atoms with E-state index in [9.17, 15) is 9.59 Å². The molecule has 7 heteroatoms. The molecule has 0 atom stereocenters. The van der Waals surface area contributed by atoms with Gasteiger partial charge in [-0.2, -0.15) is 0 Å². The topological polar surface area (TPSA) is 121 Å². The molecular weight excluding hydrogens is 214 g/mol. The number of carbonyl (C=O) groups is 2. The summed E-state index contributed by atoms with van der Waals surface area (Å²) in [5.41, 5.74) is 10.1. The van der Waals surface area contributed by atoms with Crippen LogP contribution in [0.5, 0.6) is 0 Å². The van der Waals surface area contributed by atoms with Crippen LogP contribution in [0.1, 0.15) is 16.3 Å². The number of nitrogens with two attached hydrogens (primary N) is 2. The fraction of sp³-hybridized carbons (Fsp3) is 0.333. The van der Waals surface area contributed by atoms with Crippen LogP contribution in [0.4, 0.5) is 4.79 Å². The summed E-state index contributed by atoms with van der Waals surface area (Å²) in [5, 5.41) is 2.49. The average Bonchev–Trinajstić information content (AvgIpc) is 2.72. The van der Waals surface area contributed by atoms with Gasteiger partial charge in [0.15, 0.2) is 5.76 Å². The maximum absolute atomic E-state index is 11.4. The highest BCUT2D eigenvalue weighted by Gasteiger charge is 2.09. The van der Waals surface area contributed by atoms with Crippen molar-refractivity contribution in [2.75, 3.05) is 13.2 Å². The van der Waals surface area contributed by atoms with Gasteiger partial charge in [-0.1, -0.05) is 0 Å². The summed E-state index contributed by atoms with van der Waals surface area (Å²) in [6.07, 6.45) is -0.877. The third kappa shape index (κ3) is 3.62. The van der Waals surface area contributed by atoms with Crippen LogP contribution < -0.4 is 16.8 Å². The minimum atomic E-state index is -0.877. The van der Waals surface area contributed by atoms with Crippen molar-refractivity contribution in [3.8, 4) is 0 Å². The largest absolute Gasteiger partial charge is 0.455 e. The van der Waals surface area contributed by atoms with Gasteiger partial charge in [-0.25, -0.2) is 4.79 Å². The van der Waals surface area contributed by atoms with Gasteiger partial charge in [0.1, 0.15) is 12.4 Å². The lowest BCUT2D eigenvalue weighted by Gasteiger charge is -2.02. The molecule has 1 heterocycles. The summed E-state index contributed by atoms with van der Waals surface area (Å²) in [6, 6.07) is 3.14. The highest BCUT2D eigenvalue weighted by molar-refractivity contribution is 5.91. The Morgan fingerprint density at radius 1 is 1.44 bits per heavy atom. The van der Waals surface area contributed by atoms with Crippen LogP contribution in [0.2, 0.25) is 0 Å². The van der Waals surface area contributed by atoms with Crippen molar-refractivity contribution >= 4 is 12.0 Å². The molecule has 5 N–H and O–H groups in total. The molecule has 88 valence electrons. The Balaban J connectivity index is 2.32. The molecule has 0 saturated carbocycles. The molecule has 0 radical (unpaired) electrons. The number of hydrogen-bond donors (Lipinski definition) is 3. The van der Waals surface area contributed by atoms with E-state index in [2.05, 4.69) is 10.1 Å². The SMILES string of the molecule is NCc1ccc(C(=O)NCCOC(N)=O)o1. The Labute approximate surface area is 91.7 Å². The zero-order valence-corrected chi connectivity index (χ0v) is 8.56. The highest BCUT2D eigenvalue weighted by atomic mass is 16.5. The van der Waals surface area contributed by atoms with Gasteiger partial charge in [0.2, 0.25) is 0 Å². The van der Waals surface area contributed by atoms with E-state index in [4.69, 9.17) is 15.9 Å². The summed E-state index contributed by atoms with van der Waals surface area (Å²) in [6.45, 7) is 0.421. The lowest BCUT2D eigenvalue weighted by molar-refractivity contribution is 0.0908. The molecule has 16 heavy (non-hydrogen) atoms. The molecule has 0 aliphatic carbocycles. The Morgan fingerprint density at radius 3 is 2.75 bits per heavy atom. The van der Waals surface area contributed by atoms with Gasteiger partial charge in [0.05, 0.1) is 13.1 Å². The standard InChI is InChI=1S/C9H13N3O4/c10-5-6-1-2-7(16-6)8(13)12-3-4-15-9(11)14/h1-2H,3-5,10H2,(H2,11,14)(H,12,13). The van der Waals surface area contributed by atoms with Crippen LogP contribution in [0.25, 0.3) is 0 Å². The van der Waals surface area contributed by atoms with E-state index < -0.39 is 12.0 Å². The number of amides is 2. The van der Waals surface area contributed by atoms with Crippen LogP contribution in [0, 0.1) is 0 Å². The third-order valence-corrected chi connectivity index (χ3v) is 1.72. The Bertz CT molecular complexity index is 375. The zero-order chi connectivity index (χ0) is 12.0. The molecule has 1 aromatic rings. The van der Waals surface area contributed by atoms with E-state index in [0.29, 0.717) is 5.76 Å². The van der Waals surface area contributed by atoms with Crippen LogP contribution in [-0.2, 0) is 11.3 Å². The van der Waals surface area contributed by atoms with Gasteiger partial charge in [-0.3, -0.25) is 4.79 Å². The summed E-state index contributed by atoms with van der Waals surface area (Å²) in [7, 11) is 0. The normalized spacial score (nSPS) is 9.81. The number of primary amides is 1. The molecule has 0 unspecified atom stereocenters. The minimum Gasteiger partial charge on any atom is -0.455 e. The number of nitrogens with one attached hydrogen (secondary N) is 1. The summed E-state index contributed by atoms with van der Waals surface area (Å²) >= 11 is 0. The van der Waals surface area contributed by atoms with E-state index in [1.165, 1.54) is 6.07 Å². The first-order valence-corrected chi connectivity index (χ1v) is 4.62. The van der Waals surface area contributed by atoms with Gasteiger partial charge in [-0.05, 0) is 12.1 Å². The van der Waals surface area contributed by atoms with E-state index in [1.807, 2.05) is 0 Å². The van der Waals surface area contributed by atoms with E-state index in [1.54, 1.807) is 6.07 Å². The monoisotopic (exact) mass is 227 g/mol. The van der Waals surface area contributed by atoms with Crippen LogP contribution in [-0.4, -0.2) is 25.2 Å². The third-order valence-electron chi connectivity index (χ3n) is 1.72. The number of carbonyl (C=O) groups excluding carboxylic acids is 2. The first kappa shape index (κ1) is 12.1. The van der Waals surface area contributed by atoms with Crippen molar-refractivity contribution in [2.24, 2.45) is 11.5 Å². The molecule has 0 aliphatic rings. The maximum atomic E-state index is 11.4. The van der Waals surface area contributed by atoms with Gasteiger partial charge in [0.25, 0.3) is 5.91 Å². The van der Waals surface area contributed by atoms with Crippen LogP contribution >= 0.6 is 0 Å². The predicted octanol–water partition coefficient (Wildman–Crippen LogP) is -0.437. The first-order chi connectivity index (χ1) is 7.63. The van der Waals surface area contributed by atoms with E-state index in [0.717, 1.165) is 0 Å². The number of rotatable bonds is 5. The second kappa shape index (κ2) is 5.76. The minimum absolute atomic E-state index is 0.0194. The molecule has 0 saturated heterocycles. The van der Waals surface area contributed by atoms with Crippen molar-refractivity contribution in [2.45, 2.75) is 6.54 Å². The summed E-state index contributed by atoms with van der Waals surface area (Å²) in [5.74, 6) is 0.297. The molecule has 0 bridgehead atoms. The van der Waals surface area contributed by atoms with Gasteiger partial charge < -0.3 is 25.9 Å². The van der Waals surface area contributed by atoms with Crippen molar-refractivity contribution in [1.29, 1.82) is 0 Å².